The first-order valence-electron chi connectivity index (χ1n) is 6.98. The van der Waals surface area contributed by atoms with Crippen LogP contribution in [0.25, 0.3) is 0 Å². The van der Waals surface area contributed by atoms with E-state index in [1.165, 1.54) is 37.7 Å². The summed E-state index contributed by atoms with van der Waals surface area (Å²) in [6, 6.07) is 7.04. The number of hydrogen-bond acceptors (Lipinski definition) is 2. The molecule has 0 amide bonds. The fraction of sp³-hybridized carbons (Fsp3) is 0.600. The third-order valence-electron chi connectivity index (χ3n) is 4.12. The van der Waals surface area contributed by atoms with Gasteiger partial charge in [0.2, 0.25) is 0 Å². The number of benzene rings is 1. The van der Waals surface area contributed by atoms with Gasteiger partial charge in [-0.1, -0.05) is 12.5 Å². The molecule has 0 aromatic heterocycles. The van der Waals surface area contributed by atoms with Crippen LogP contribution < -0.4 is 10.1 Å². The zero-order valence-corrected chi connectivity index (χ0v) is 12.2. The van der Waals surface area contributed by atoms with Crippen LogP contribution in [-0.2, 0) is 0 Å². The molecule has 1 N–H and O–H groups in total. The minimum atomic E-state index is 0.530. The van der Waals surface area contributed by atoms with Gasteiger partial charge in [0.1, 0.15) is 5.75 Å². The van der Waals surface area contributed by atoms with Crippen LogP contribution in [0.2, 0.25) is 0 Å². The maximum Gasteiger partial charge on any atom is 0.133 e. The molecule has 2 fully saturated rings. The van der Waals surface area contributed by atoms with E-state index < -0.39 is 0 Å². The van der Waals surface area contributed by atoms with Crippen molar-refractivity contribution in [2.75, 3.05) is 13.2 Å². The van der Waals surface area contributed by atoms with E-state index in [4.69, 9.17) is 4.74 Å². The SMILES string of the molecule is Brc1cc(C2CCCN2)ccc1OCC1CCC1. The topological polar surface area (TPSA) is 21.3 Å². The predicted molar refractivity (Wildman–Crippen MR) is 77.0 cm³/mol. The van der Waals surface area contributed by atoms with Gasteiger partial charge in [0.25, 0.3) is 0 Å². The second-order valence-corrected chi connectivity index (χ2v) is 6.30. The van der Waals surface area contributed by atoms with Crippen molar-refractivity contribution in [2.45, 2.75) is 38.1 Å². The van der Waals surface area contributed by atoms with Crippen LogP contribution in [0.5, 0.6) is 5.75 Å². The number of rotatable bonds is 4. The van der Waals surface area contributed by atoms with Crippen LogP contribution in [0.4, 0.5) is 0 Å². The molecule has 0 bridgehead atoms. The van der Waals surface area contributed by atoms with Gasteiger partial charge in [-0.3, -0.25) is 0 Å². The zero-order valence-electron chi connectivity index (χ0n) is 10.6. The van der Waals surface area contributed by atoms with Crippen LogP contribution in [0.1, 0.15) is 43.7 Å². The van der Waals surface area contributed by atoms with E-state index >= 15 is 0 Å². The van der Waals surface area contributed by atoms with E-state index in [1.54, 1.807) is 0 Å². The van der Waals surface area contributed by atoms with Crippen molar-refractivity contribution in [2.24, 2.45) is 5.92 Å². The Bertz CT molecular complexity index is 411. The summed E-state index contributed by atoms with van der Waals surface area (Å²) in [5.74, 6) is 1.77. The molecule has 0 spiro atoms. The molecule has 1 saturated heterocycles. The third kappa shape index (κ3) is 2.72. The number of hydrogen-bond donors (Lipinski definition) is 1. The Morgan fingerprint density at radius 1 is 1.22 bits per heavy atom. The molecule has 1 aliphatic heterocycles. The lowest BCUT2D eigenvalue weighted by Crippen LogP contribution is -2.19. The highest BCUT2D eigenvalue weighted by Gasteiger charge is 2.19. The highest BCUT2D eigenvalue weighted by atomic mass is 79.9. The van der Waals surface area contributed by atoms with E-state index in [1.807, 2.05) is 0 Å². The molecule has 1 aliphatic carbocycles. The molecule has 1 aromatic rings. The van der Waals surface area contributed by atoms with Crippen molar-refractivity contribution < 1.29 is 4.74 Å². The molecule has 2 aliphatic rings. The molecular weight excluding hydrogens is 290 g/mol. The van der Waals surface area contributed by atoms with Gasteiger partial charge < -0.3 is 10.1 Å². The van der Waals surface area contributed by atoms with Crippen LogP contribution >= 0.6 is 15.9 Å². The lowest BCUT2D eigenvalue weighted by Gasteiger charge is -2.25. The van der Waals surface area contributed by atoms with Gasteiger partial charge in [0, 0.05) is 6.04 Å². The molecule has 1 aromatic carbocycles. The molecular formula is C15H20BrNO. The second kappa shape index (κ2) is 5.62. The summed E-state index contributed by atoms with van der Waals surface area (Å²) in [5, 5.41) is 3.53. The average Bonchev–Trinajstić information content (AvgIpc) is 2.82. The monoisotopic (exact) mass is 309 g/mol. The maximum absolute atomic E-state index is 5.89. The average molecular weight is 310 g/mol. The van der Waals surface area contributed by atoms with Gasteiger partial charge in [-0.05, 0) is 71.8 Å². The van der Waals surface area contributed by atoms with Crippen LogP contribution in [-0.4, -0.2) is 13.2 Å². The third-order valence-corrected chi connectivity index (χ3v) is 4.74. The Labute approximate surface area is 117 Å². The quantitative estimate of drug-likeness (QED) is 0.906. The van der Waals surface area contributed by atoms with Crippen LogP contribution in [0.3, 0.4) is 0 Å². The lowest BCUT2D eigenvalue weighted by molar-refractivity contribution is 0.180. The molecule has 1 saturated carbocycles. The number of nitrogens with one attached hydrogen (secondary N) is 1. The smallest absolute Gasteiger partial charge is 0.133 e. The number of halogens is 1. The van der Waals surface area contributed by atoms with Crippen LogP contribution in [0.15, 0.2) is 22.7 Å². The van der Waals surface area contributed by atoms with Crippen molar-refractivity contribution in [1.29, 1.82) is 0 Å². The second-order valence-electron chi connectivity index (χ2n) is 5.45. The molecule has 0 radical (unpaired) electrons. The molecule has 1 unspecified atom stereocenters. The van der Waals surface area contributed by atoms with Gasteiger partial charge in [-0.15, -0.1) is 0 Å². The first kappa shape index (κ1) is 12.5. The highest BCUT2D eigenvalue weighted by molar-refractivity contribution is 9.10. The summed E-state index contributed by atoms with van der Waals surface area (Å²) in [7, 11) is 0. The van der Waals surface area contributed by atoms with E-state index in [9.17, 15) is 0 Å². The molecule has 18 heavy (non-hydrogen) atoms. The maximum atomic E-state index is 5.89. The molecule has 1 atom stereocenters. The summed E-state index contributed by atoms with van der Waals surface area (Å²) in [6.45, 7) is 2.02. The van der Waals surface area contributed by atoms with E-state index in [0.29, 0.717) is 6.04 Å². The van der Waals surface area contributed by atoms with Gasteiger partial charge in [0.05, 0.1) is 11.1 Å². The summed E-state index contributed by atoms with van der Waals surface area (Å²) in [5.41, 5.74) is 1.37. The van der Waals surface area contributed by atoms with E-state index in [0.717, 1.165) is 29.3 Å². The summed E-state index contributed by atoms with van der Waals surface area (Å²) in [6.07, 6.45) is 6.57. The fourth-order valence-corrected chi connectivity index (χ4v) is 3.20. The Hall–Kier alpha value is -0.540. The Kier molecular flexibility index (Phi) is 3.90. The summed E-state index contributed by atoms with van der Waals surface area (Å²) < 4.78 is 6.98. The molecule has 2 nitrogen and oxygen atoms in total. The van der Waals surface area contributed by atoms with Crippen molar-refractivity contribution in [1.82, 2.24) is 5.32 Å². The standard InChI is InChI=1S/C15H20BrNO/c16-13-9-12(14-5-2-8-17-14)6-7-15(13)18-10-11-3-1-4-11/h6-7,9,11,14,17H,1-5,8,10H2. The van der Waals surface area contributed by atoms with Gasteiger partial charge in [-0.25, -0.2) is 0 Å². The normalized spacial score (nSPS) is 23.9. The van der Waals surface area contributed by atoms with Crippen molar-refractivity contribution in [3.05, 3.63) is 28.2 Å². The number of ether oxygens (including phenoxy) is 1. The van der Waals surface area contributed by atoms with Crippen molar-refractivity contribution in [3.8, 4) is 5.75 Å². The first-order valence-corrected chi connectivity index (χ1v) is 7.78. The summed E-state index contributed by atoms with van der Waals surface area (Å²) in [4.78, 5) is 0. The lowest BCUT2D eigenvalue weighted by atomic mass is 9.86. The van der Waals surface area contributed by atoms with Crippen LogP contribution in [0, 0.1) is 5.92 Å². The van der Waals surface area contributed by atoms with Gasteiger partial charge in [-0.2, -0.15) is 0 Å². The Morgan fingerprint density at radius 2 is 2.11 bits per heavy atom. The first-order chi connectivity index (χ1) is 8.83. The fourth-order valence-electron chi connectivity index (χ4n) is 2.69. The Balaban J connectivity index is 1.64. The van der Waals surface area contributed by atoms with Gasteiger partial charge in [0.15, 0.2) is 0 Å². The van der Waals surface area contributed by atoms with Crippen molar-refractivity contribution >= 4 is 15.9 Å². The van der Waals surface area contributed by atoms with Crippen molar-refractivity contribution in [3.63, 3.8) is 0 Å². The minimum Gasteiger partial charge on any atom is -0.492 e. The minimum absolute atomic E-state index is 0.530. The van der Waals surface area contributed by atoms with Gasteiger partial charge >= 0.3 is 0 Å². The largest absolute Gasteiger partial charge is 0.492 e. The zero-order chi connectivity index (χ0) is 12.4. The molecule has 1 heterocycles. The molecule has 3 rings (SSSR count). The highest BCUT2D eigenvalue weighted by Crippen LogP contribution is 2.33. The summed E-state index contributed by atoms with van der Waals surface area (Å²) >= 11 is 3.63. The Morgan fingerprint density at radius 3 is 2.72 bits per heavy atom. The van der Waals surface area contributed by atoms with E-state index in [2.05, 4.69) is 39.4 Å². The predicted octanol–water partition coefficient (Wildman–Crippen LogP) is 4.05. The van der Waals surface area contributed by atoms with E-state index in [-0.39, 0.29) is 0 Å². The molecule has 98 valence electrons. The molecule has 3 heteroatoms.